The molecular formula is C27H21ClF5N9O4. The minimum absolute atomic E-state index is 0.00671. The van der Waals surface area contributed by atoms with Gasteiger partial charge in [-0.3, -0.25) is 9.59 Å². The number of aromatic nitrogens is 7. The molecule has 46 heavy (non-hydrogen) atoms. The quantitative estimate of drug-likeness (QED) is 0.178. The van der Waals surface area contributed by atoms with E-state index in [0.717, 1.165) is 16.7 Å². The Hall–Kier alpha value is -5.31. The standard InChI is InChI=1S/C27H21ClF5N9O4/c1-14-7-15(11-34)8-18(22(44)13-40(2)25(45)46-3)17(14)10-21(43)20-9-16(37-42(20)23-19(28)5-4-6-35-23)12-41-38-24(36-39-41)26(29,30)27(31,32)33/h4-9H,10,12-13H2,1-3H3. The number of hydrogen-bond acceptors (Lipinski definition) is 10. The first-order chi connectivity index (χ1) is 21.6. The van der Waals surface area contributed by atoms with Crippen molar-refractivity contribution in [2.75, 3.05) is 20.7 Å². The minimum atomic E-state index is -5.96. The van der Waals surface area contributed by atoms with Crippen LogP contribution in [0.15, 0.2) is 36.5 Å². The molecule has 0 aliphatic heterocycles. The number of ketones is 2. The Morgan fingerprint density at radius 1 is 1.11 bits per heavy atom. The molecule has 1 aromatic carbocycles. The molecule has 3 heterocycles. The van der Waals surface area contributed by atoms with E-state index in [1.54, 1.807) is 6.92 Å². The molecule has 4 rings (SSSR count). The van der Waals surface area contributed by atoms with E-state index < -0.39 is 55.1 Å². The molecule has 0 fully saturated rings. The maximum Gasteiger partial charge on any atom is 0.461 e. The van der Waals surface area contributed by atoms with Gasteiger partial charge in [0, 0.05) is 25.2 Å². The summed E-state index contributed by atoms with van der Waals surface area (Å²) in [6.45, 7) is 0.555. The molecule has 0 unspecified atom stereocenters. The Morgan fingerprint density at radius 2 is 1.83 bits per heavy atom. The molecular weight excluding hydrogens is 645 g/mol. The highest BCUT2D eigenvalue weighted by Crippen LogP contribution is 2.41. The Kier molecular flexibility index (Phi) is 9.47. The monoisotopic (exact) mass is 665 g/mol. The fourth-order valence-electron chi connectivity index (χ4n) is 4.25. The largest absolute Gasteiger partial charge is 0.461 e. The Morgan fingerprint density at radius 3 is 2.46 bits per heavy atom. The van der Waals surface area contributed by atoms with Gasteiger partial charge >= 0.3 is 18.2 Å². The molecule has 0 aliphatic rings. The third-order valence-corrected chi connectivity index (χ3v) is 6.78. The van der Waals surface area contributed by atoms with E-state index in [0.29, 0.717) is 10.4 Å². The van der Waals surface area contributed by atoms with Crippen molar-refractivity contribution in [3.05, 3.63) is 81.0 Å². The number of halogens is 6. The van der Waals surface area contributed by atoms with Gasteiger partial charge in [-0.2, -0.15) is 37.1 Å². The summed E-state index contributed by atoms with van der Waals surface area (Å²) in [6, 6.07) is 8.83. The molecule has 0 saturated carbocycles. The van der Waals surface area contributed by atoms with Crippen LogP contribution in [0.4, 0.5) is 26.7 Å². The first-order valence-corrected chi connectivity index (χ1v) is 13.3. The number of benzene rings is 1. The summed E-state index contributed by atoms with van der Waals surface area (Å²) in [5.41, 5.74) is 0.519. The van der Waals surface area contributed by atoms with Crippen LogP contribution in [0, 0.1) is 18.3 Å². The summed E-state index contributed by atoms with van der Waals surface area (Å²) < 4.78 is 71.4. The predicted molar refractivity (Wildman–Crippen MR) is 147 cm³/mol. The van der Waals surface area contributed by atoms with Gasteiger partial charge in [0.15, 0.2) is 17.4 Å². The highest BCUT2D eigenvalue weighted by atomic mass is 35.5. The first-order valence-electron chi connectivity index (χ1n) is 12.9. The van der Waals surface area contributed by atoms with Gasteiger partial charge in [-0.1, -0.05) is 11.6 Å². The van der Waals surface area contributed by atoms with E-state index in [2.05, 4.69) is 30.2 Å². The number of carbonyl (C=O) groups is 3. The molecule has 1 amide bonds. The van der Waals surface area contributed by atoms with E-state index in [1.807, 2.05) is 6.07 Å². The third kappa shape index (κ3) is 6.83. The lowest BCUT2D eigenvalue weighted by Gasteiger charge is -2.17. The van der Waals surface area contributed by atoms with Crippen LogP contribution in [0.1, 0.15) is 49.1 Å². The van der Waals surface area contributed by atoms with Crippen LogP contribution in [-0.2, 0) is 23.6 Å². The summed E-state index contributed by atoms with van der Waals surface area (Å²) in [4.78, 5) is 44.5. The zero-order valence-electron chi connectivity index (χ0n) is 24.0. The SMILES string of the molecule is COC(=O)N(C)CC(=O)c1cc(C#N)cc(C)c1CC(=O)c1cc(Cn2nnc(C(F)(F)C(F)(F)F)n2)nn1-c1ncccc1Cl. The number of carbonyl (C=O) groups excluding carboxylic acids is 3. The second-order valence-corrected chi connectivity index (χ2v) is 10.1. The average molecular weight is 666 g/mol. The molecule has 3 aromatic heterocycles. The predicted octanol–water partition coefficient (Wildman–Crippen LogP) is 4.10. The molecule has 0 bridgehead atoms. The fraction of sp³-hybridized carbons (Fsp3) is 0.296. The van der Waals surface area contributed by atoms with Gasteiger partial charge in [0.25, 0.3) is 5.82 Å². The molecule has 0 N–H and O–H groups in total. The molecule has 240 valence electrons. The van der Waals surface area contributed by atoms with E-state index in [4.69, 9.17) is 11.6 Å². The molecule has 13 nitrogen and oxygen atoms in total. The maximum atomic E-state index is 13.8. The fourth-order valence-corrected chi connectivity index (χ4v) is 4.45. The Bertz CT molecular complexity index is 1870. The van der Waals surface area contributed by atoms with Crippen molar-refractivity contribution < 1.29 is 41.1 Å². The molecule has 4 aromatic rings. The first kappa shape index (κ1) is 33.6. The summed E-state index contributed by atoms with van der Waals surface area (Å²) in [5.74, 6) is -8.52. The van der Waals surface area contributed by atoms with Crippen molar-refractivity contribution in [3.63, 3.8) is 0 Å². The zero-order valence-corrected chi connectivity index (χ0v) is 24.8. The van der Waals surface area contributed by atoms with Crippen molar-refractivity contribution in [3.8, 4) is 11.9 Å². The van der Waals surface area contributed by atoms with Crippen molar-refractivity contribution >= 4 is 29.3 Å². The number of rotatable bonds is 10. The molecule has 0 saturated heterocycles. The molecule has 0 radical (unpaired) electrons. The zero-order chi connectivity index (χ0) is 34.0. The number of hydrogen-bond donors (Lipinski definition) is 0. The lowest BCUT2D eigenvalue weighted by atomic mass is 9.91. The highest BCUT2D eigenvalue weighted by Gasteiger charge is 2.62. The summed E-state index contributed by atoms with van der Waals surface area (Å²) >= 11 is 6.29. The number of amides is 1. The van der Waals surface area contributed by atoms with Gasteiger partial charge < -0.3 is 9.64 Å². The Labute approximate surface area is 261 Å². The molecule has 0 atom stereocenters. The van der Waals surface area contributed by atoms with Crippen LogP contribution in [0.3, 0.4) is 0 Å². The van der Waals surface area contributed by atoms with E-state index in [-0.39, 0.29) is 38.9 Å². The van der Waals surface area contributed by atoms with E-state index >= 15 is 0 Å². The van der Waals surface area contributed by atoms with Crippen molar-refractivity contribution in [2.45, 2.75) is 32.0 Å². The van der Waals surface area contributed by atoms with Crippen LogP contribution in [-0.4, -0.2) is 84.4 Å². The molecule has 0 spiro atoms. The molecule has 0 aliphatic carbocycles. The lowest BCUT2D eigenvalue weighted by Crippen LogP contribution is -2.35. The highest BCUT2D eigenvalue weighted by molar-refractivity contribution is 6.32. The van der Waals surface area contributed by atoms with Gasteiger partial charge in [-0.15, -0.1) is 10.2 Å². The minimum Gasteiger partial charge on any atom is -0.453 e. The van der Waals surface area contributed by atoms with E-state index in [9.17, 15) is 41.6 Å². The number of methoxy groups -OCH3 is 1. The van der Waals surface area contributed by atoms with E-state index in [1.165, 1.54) is 43.6 Å². The van der Waals surface area contributed by atoms with Crippen molar-refractivity contribution in [1.29, 1.82) is 5.26 Å². The number of alkyl halides is 5. The Balaban J connectivity index is 1.74. The number of nitriles is 1. The number of likely N-dealkylation sites (N-methyl/N-ethyl adjacent to an activating group) is 1. The van der Waals surface area contributed by atoms with Gasteiger partial charge in [0.2, 0.25) is 0 Å². The van der Waals surface area contributed by atoms with Crippen molar-refractivity contribution in [1.82, 2.24) is 39.9 Å². The smallest absolute Gasteiger partial charge is 0.453 e. The van der Waals surface area contributed by atoms with Crippen LogP contribution in [0.5, 0.6) is 0 Å². The lowest BCUT2D eigenvalue weighted by molar-refractivity contribution is -0.292. The normalized spacial score (nSPS) is 11.7. The number of ether oxygens (including phenoxy) is 1. The molecule has 19 heteroatoms. The number of Topliss-reactive ketones (excluding diaryl/α,β-unsaturated/α-hetero) is 2. The topological polar surface area (TPSA) is 162 Å². The summed E-state index contributed by atoms with van der Waals surface area (Å²) in [6.07, 6.45) is -5.84. The summed E-state index contributed by atoms with van der Waals surface area (Å²) in [5, 5.41) is 23.0. The third-order valence-electron chi connectivity index (χ3n) is 6.49. The number of pyridine rings is 1. The van der Waals surface area contributed by atoms with Gasteiger partial charge in [0.1, 0.15) is 12.2 Å². The van der Waals surface area contributed by atoms with Crippen molar-refractivity contribution in [2.24, 2.45) is 0 Å². The second-order valence-electron chi connectivity index (χ2n) is 9.74. The van der Waals surface area contributed by atoms with Crippen LogP contribution in [0.2, 0.25) is 5.02 Å². The average Bonchev–Trinajstić information content (AvgIpc) is 3.65. The van der Waals surface area contributed by atoms with Gasteiger partial charge in [-0.25, -0.2) is 14.5 Å². The summed E-state index contributed by atoms with van der Waals surface area (Å²) in [7, 11) is 2.46. The number of tetrazole rings is 1. The van der Waals surface area contributed by atoms with Crippen LogP contribution >= 0.6 is 11.6 Å². The number of nitrogens with zero attached hydrogens (tertiary/aromatic N) is 9. The van der Waals surface area contributed by atoms with Crippen LogP contribution in [0.25, 0.3) is 5.82 Å². The number of aryl methyl sites for hydroxylation is 1. The maximum absolute atomic E-state index is 13.8. The van der Waals surface area contributed by atoms with Crippen LogP contribution < -0.4 is 0 Å². The second kappa shape index (κ2) is 13.0. The van der Waals surface area contributed by atoms with Gasteiger partial charge in [-0.05, 0) is 53.6 Å². The van der Waals surface area contributed by atoms with Gasteiger partial charge in [0.05, 0.1) is 36.0 Å².